The number of fused-ring (bicyclic) bond motifs is 6. The number of hydrogen-bond donors (Lipinski definition) is 0. The van der Waals surface area contributed by atoms with Crippen LogP contribution in [0.5, 0.6) is 0 Å². The van der Waals surface area contributed by atoms with E-state index >= 15 is 0 Å². The normalized spacial score (nSPS) is 12.4. The van der Waals surface area contributed by atoms with Crippen molar-refractivity contribution in [3.05, 3.63) is 34.0 Å². The molecule has 146 valence electrons. The lowest BCUT2D eigenvalue weighted by molar-refractivity contribution is 0.723. The van der Waals surface area contributed by atoms with Crippen LogP contribution in [0, 0.1) is 0 Å². The van der Waals surface area contributed by atoms with Crippen LogP contribution in [-0.2, 0) is 12.8 Å². The highest BCUT2D eigenvalue weighted by Crippen LogP contribution is 2.46. The zero-order chi connectivity index (χ0) is 19.1. The van der Waals surface area contributed by atoms with Crippen molar-refractivity contribution in [1.29, 1.82) is 0 Å². The zero-order valence-corrected chi connectivity index (χ0v) is 19.9. The maximum absolute atomic E-state index is 2.48. The van der Waals surface area contributed by atoms with Crippen molar-refractivity contribution >= 4 is 84.3 Å². The summed E-state index contributed by atoms with van der Waals surface area (Å²) in [6.07, 6.45) is 10.5. The highest BCUT2D eigenvalue weighted by Gasteiger charge is 2.15. The molecule has 4 heteroatoms. The summed E-state index contributed by atoms with van der Waals surface area (Å²) >= 11 is 8.05. The second-order valence-corrected chi connectivity index (χ2v) is 12.2. The lowest BCUT2D eigenvalue weighted by Gasteiger charge is -1.96. The lowest BCUT2D eigenvalue weighted by Crippen LogP contribution is -1.79. The molecule has 0 aliphatic carbocycles. The van der Waals surface area contributed by atoms with Crippen LogP contribution in [0.25, 0.3) is 39.0 Å². The van der Waals surface area contributed by atoms with Crippen molar-refractivity contribution in [2.75, 3.05) is 0 Å². The van der Waals surface area contributed by atoms with Gasteiger partial charge in [0.15, 0.2) is 0 Å². The van der Waals surface area contributed by atoms with Crippen LogP contribution < -0.4 is 0 Å². The van der Waals surface area contributed by atoms with Crippen molar-refractivity contribution in [3.63, 3.8) is 0 Å². The highest BCUT2D eigenvalue weighted by atomic mass is 32.1. The van der Waals surface area contributed by atoms with Crippen LogP contribution in [0.3, 0.4) is 0 Å². The van der Waals surface area contributed by atoms with Gasteiger partial charge in [0.2, 0.25) is 0 Å². The first-order valence-electron chi connectivity index (χ1n) is 10.6. The highest BCUT2D eigenvalue weighted by molar-refractivity contribution is 7.34. The summed E-state index contributed by atoms with van der Waals surface area (Å²) in [5.74, 6) is 0. The molecule has 0 nitrogen and oxygen atoms in total. The van der Waals surface area contributed by atoms with Crippen LogP contribution in [-0.4, -0.2) is 0 Å². The van der Waals surface area contributed by atoms with E-state index in [-0.39, 0.29) is 0 Å². The molecule has 5 aromatic rings. The summed E-state index contributed by atoms with van der Waals surface area (Å²) < 4.78 is 8.96. The molecular formula is C24H26S4. The Bertz CT molecular complexity index is 1150. The summed E-state index contributed by atoms with van der Waals surface area (Å²) in [7, 11) is 0. The minimum absolute atomic E-state index is 1.25. The lowest BCUT2D eigenvalue weighted by atomic mass is 10.2. The average Bonchev–Trinajstić information content (AvgIpc) is 3.40. The summed E-state index contributed by atoms with van der Waals surface area (Å²) in [5, 5.41) is 2.97. The largest absolute Gasteiger partial charge is 0.139 e. The Kier molecular flexibility index (Phi) is 5.48. The van der Waals surface area contributed by atoms with E-state index in [0.29, 0.717) is 0 Å². The SMILES string of the molecule is CCCCCc1cc2sc3cc4c(cc3c2s1)sc1cc(CCCCC)sc14. The summed E-state index contributed by atoms with van der Waals surface area (Å²) in [4.78, 5) is 3.14. The number of unbranched alkanes of at least 4 members (excludes halogenated alkanes) is 4. The molecule has 0 saturated carbocycles. The van der Waals surface area contributed by atoms with E-state index in [9.17, 15) is 0 Å². The van der Waals surface area contributed by atoms with Crippen LogP contribution in [0.1, 0.15) is 62.1 Å². The standard InChI is InChI=1S/C24H26S4/c1-3-5-7-9-15-11-21-23(25-15)17-13-20-18(14-19(17)27-21)24-22(28-20)12-16(26-24)10-8-6-4-2/h11-14H,3-10H2,1-2H3. The van der Waals surface area contributed by atoms with Crippen LogP contribution >= 0.6 is 45.3 Å². The van der Waals surface area contributed by atoms with Gasteiger partial charge in [-0.15, -0.1) is 45.3 Å². The van der Waals surface area contributed by atoms with Crippen LogP contribution in [0.4, 0.5) is 0 Å². The van der Waals surface area contributed by atoms with Crippen molar-refractivity contribution in [3.8, 4) is 0 Å². The van der Waals surface area contributed by atoms with Gasteiger partial charge < -0.3 is 0 Å². The van der Waals surface area contributed by atoms with Gasteiger partial charge in [-0.25, -0.2) is 0 Å². The topological polar surface area (TPSA) is 0 Å². The van der Waals surface area contributed by atoms with Gasteiger partial charge in [-0.3, -0.25) is 0 Å². The van der Waals surface area contributed by atoms with E-state index in [0.717, 1.165) is 0 Å². The third-order valence-corrected chi connectivity index (χ3v) is 10.5. The quantitative estimate of drug-likeness (QED) is 0.210. The molecule has 0 bridgehead atoms. The minimum atomic E-state index is 1.25. The Morgan fingerprint density at radius 1 is 0.536 bits per heavy atom. The Hall–Kier alpha value is -0.940. The fourth-order valence-electron chi connectivity index (χ4n) is 4.04. The smallest absolute Gasteiger partial charge is 0.0532 e. The summed E-state index contributed by atoms with van der Waals surface area (Å²) in [5.41, 5.74) is 0. The zero-order valence-electron chi connectivity index (χ0n) is 16.6. The maximum Gasteiger partial charge on any atom is 0.0532 e. The Morgan fingerprint density at radius 2 is 1.00 bits per heavy atom. The summed E-state index contributed by atoms with van der Waals surface area (Å²) in [6.45, 7) is 4.57. The molecule has 0 radical (unpaired) electrons. The van der Waals surface area contributed by atoms with Gasteiger partial charge in [0.25, 0.3) is 0 Å². The molecule has 0 amide bonds. The molecule has 4 heterocycles. The molecule has 0 spiro atoms. The number of rotatable bonds is 8. The van der Waals surface area contributed by atoms with Gasteiger partial charge >= 0.3 is 0 Å². The van der Waals surface area contributed by atoms with Crippen molar-refractivity contribution in [1.82, 2.24) is 0 Å². The molecule has 0 unspecified atom stereocenters. The predicted octanol–water partition coefficient (Wildman–Crippen LogP) is 10.0. The third kappa shape index (κ3) is 3.43. The maximum atomic E-state index is 2.48. The molecule has 1 aromatic carbocycles. The van der Waals surface area contributed by atoms with E-state index in [2.05, 4.69) is 38.1 Å². The Balaban J connectivity index is 1.52. The van der Waals surface area contributed by atoms with Gasteiger partial charge in [-0.1, -0.05) is 39.5 Å². The van der Waals surface area contributed by atoms with E-state index in [1.165, 1.54) is 90.3 Å². The average molecular weight is 443 g/mol. The molecule has 0 fully saturated rings. The van der Waals surface area contributed by atoms with E-state index in [1.807, 2.05) is 45.3 Å². The first kappa shape index (κ1) is 19.0. The van der Waals surface area contributed by atoms with Crippen molar-refractivity contribution in [2.45, 2.75) is 65.2 Å². The fraction of sp³-hybridized carbons (Fsp3) is 0.417. The molecule has 0 saturated heterocycles. The molecule has 0 atom stereocenters. The van der Waals surface area contributed by atoms with Crippen molar-refractivity contribution in [2.24, 2.45) is 0 Å². The molecule has 0 N–H and O–H groups in total. The fourth-order valence-corrected chi connectivity index (χ4v) is 9.24. The molecule has 5 rings (SSSR count). The van der Waals surface area contributed by atoms with E-state index in [4.69, 9.17) is 0 Å². The van der Waals surface area contributed by atoms with Crippen LogP contribution in [0.2, 0.25) is 0 Å². The summed E-state index contributed by atoms with van der Waals surface area (Å²) in [6, 6.07) is 9.87. The van der Waals surface area contributed by atoms with Crippen molar-refractivity contribution < 1.29 is 0 Å². The Morgan fingerprint density at radius 3 is 1.43 bits per heavy atom. The van der Waals surface area contributed by atoms with Gasteiger partial charge in [-0.2, -0.15) is 0 Å². The monoisotopic (exact) mass is 442 g/mol. The first-order valence-corrected chi connectivity index (χ1v) is 13.8. The van der Waals surface area contributed by atoms with E-state index < -0.39 is 0 Å². The van der Waals surface area contributed by atoms with Gasteiger partial charge in [0, 0.05) is 39.3 Å². The number of hydrogen-bond acceptors (Lipinski definition) is 4. The van der Waals surface area contributed by atoms with Gasteiger partial charge in [-0.05, 0) is 49.9 Å². The van der Waals surface area contributed by atoms with E-state index in [1.54, 1.807) is 9.75 Å². The molecule has 28 heavy (non-hydrogen) atoms. The molecular weight excluding hydrogens is 417 g/mol. The molecule has 0 aliphatic rings. The molecule has 4 aromatic heterocycles. The van der Waals surface area contributed by atoms with Crippen LogP contribution in [0.15, 0.2) is 24.3 Å². The number of aryl methyl sites for hydroxylation is 2. The Labute approximate surface area is 182 Å². The minimum Gasteiger partial charge on any atom is -0.139 e. The number of thiophene rings is 4. The molecule has 0 aliphatic heterocycles. The third-order valence-electron chi connectivity index (χ3n) is 5.56. The van der Waals surface area contributed by atoms with Gasteiger partial charge in [0.1, 0.15) is 0 Å². The second kappa shape index (κ2) is 8.06. The predicted molar refractivity (Wildman–Crippen MR) is 134 cm³/mol. The second-order valence-electron chi connectivity index (χ2n) is 7.78. The number of benzene rings is 1. The first-order chi connectivity index (χ1) is 13.8. The van der Waals surface area contributed by atoms with Gasteiger partial charge in [0.05, 0.1) is 9.40 Å².